The Balaban J connectivity index is 2.26. The zero-order valence-electron chi connectivity index (χ0n) is 13.4. The lowest BCUT2D eigenvalue weighted by molar-refractivity contribution is -0.145. The Morgan fingerprint density at radius 2 is 2.09 bits per heavy atom. The molecule has 1 aromatic rings. The number of piperidine rings is 1. The minimum Gasteiger partial charge on any atom is -0.480 e. The van der Waals surface area contributed by atoms with Crippen LogP contribution >= 0.6 is 0 Å². The van der Waals surface area contributed by atoms with Crippen LogP contribution in [0.3, 0.4) is 0 Å². The van der Waals surface area contributed by atoms with Gasteiger partial charge in [-0.15, -0.1) is 0 Å². The molecule has 7 nitrogen and oxygen atoms in total. The van der Waals surface area contributed by atoms with Gasteiger partial charge < -0.3 is 9.84 Å². The molecule has 0 aromatic carbocycles. The van der Waals surface area contributed by atoms with Gasteiger partial charge in [-0.2, -0.15) is 5.10 Å². The standard InChI is InChI=1S/C15H23N3O4/c1-15(2,3)22-14(21)18-8-5-6-10(12(18)13(19)20)11-7-9-17(4)16-11/h7,9-10,12H,5-6,8H2,1-4H3,(H,19,20). The Kier molecular flexibility index (Phi) is 4.44. The summed E-state index contributed by atoms with van der Waals surface area (Å²) in [5, 5.41) is 13.9. The molecule has 0 bridgehead atoms. The van der Waals surface area contributed by atoms with Crippen LogP contribution in [-0.4, -0.2) is 50.0 Å². The number of aromatic nitrogens is 2. The second-order valence-corrected chi connectivity index (χ2v) is 6.62. The second kappa shape index (κ2) is 5.98. The summed E-state index contributed by atoms with van der Waals surface area (Å²) in [6, 6.07) is 0.859. The quantitative estimate of drug-likeness (QED) is 0.903. The van der Waals surface area contributed by atoms with Crippen LogP contribution in [0.25, 0.3) is 0 Å². The molecule has 1 aliphatic rings. The Hall–Kier alpha value is -2.05. The fraction of sp³-hybridized carbons (Fsp3) is 0.667. The number of nitrogens with zero attached hydrogens (tertiary/aromatic N) is 3. The summed E-state index contributed by atoms with van der Waals surface area (Å²) < 4.78 is 6.98. The molecule has 1 amide bonds. The lowest BCUT2D eigenvalue weighted by Gasteiger charge is -2.38. The van der Waals surface area contributed by atoms with E-state index in [1.165, 1.54) is 4.90 Å². The highest BCUT2D eigenvalue weighted by atomic mass is 16.6. The molecule has 2 heterocycles. The van der Waals surface area contributed by atoms with Crippen molar-refractivity contribution in [3.8, 4) is 0 Å². The first-order valence-corrected chi connectivity index (χ1v) is 7.41. The molecular weight excluding hydrogens is 286 g/mol. The van der Waals surface area contributed by atoms with Crippen LogP contribution in [0.15, 0.2) is 12.3 Å². The summed E-state index contributed by atoms with van der Waals surface area (Å²) in [4.78, 5) is 25.4. The van der Waals surface area contributed by atoms with Crippen molar-refractivity contribution in [1.29, 1.82) is 0 Å². The first kappa shape index (κ1) is 16.3. The van der Waals surface area contributed by atoms with Gasteiger partial charge >= 0.3 is 12.1 Å². The number of amides is 1. The molecule has 1 N–H and O–H groups in total. The first-order chi connectivity index (χ1) is 10.2. The lowest BCUT2D eigenvalue weighted by atomic mass is 9.87. The molecule has 0 saturated carbocycles. The van der Waals surface area contributed by atoms with Gasteiger partial charge in [-0.1, -0.05) is 0 Å². The number of carbonyl (C=O) groups excluding carboxylic acids is 1. The number of carboxylic acid groups (broad SMARTS) is 1. The van der Waals surface area contributed by atoms with Crippen LogP contribution in [0.1, 0.15) is 45.2 Å². The van der Waals surface area contributed by atoms with Gasteiger partial charge in [-0.05, 0) is 39.7 Å². The average Bonchev–Trinajstić information content (AvgIpc) is 2.82. The Bertz CT molecular complexity index is 561. The van der Waals surface area contributed by atoms with E-state index in [9.17, 15) is 14.7 Å². The molecule has 1 aromatic heterocycles. The maximum Gasteiger partial charge on any atom is 0.411 e. The van der Waals surface area contributed by atoms with Crippen LogP contribution in [0.2, 0.25) is 0 Å². The molecule has 2 unspecified atom stereocenters. The average molecular weight is 309 g/mol. The third-order valence-corrected chi connectivity index (χ3v) is 3.63. The van der Waals surface area contributed by atoms with Gasteiger partial charge in [0.05, 0.1) is 5.69 Å². The van der Waals surface area contributed by atoms with Crippen LogP contribution in [-0.2, 0) is 16.6 Å². The van der Waals surface area contributed by atoms with Gasteiger partial charge in [-0.25, -0.2) is 9.59 Å². The molecule has 122 valence electrons. The molecule has 7 heteroatoms. The van der Waals surface area contributed by atoms with E-state index in [4.69, 9.17) is 4.74 Å². The van der Waals surface area contributed by atoms with E-state index in [0.717, 1.165) is 6.42 Å². The van der Waals surface area contributed by atoms with E-state index >= 15 is 0 Å². The number of aryl methyl sites for hydroxylation is 1. The molecule has 2 atom stereocenters. The zero-order valence-corrected chi connectivity index (χ0v) is 13.4. The predicted octanol–water partition coefficient (Wildman–Crippen LogP) is 1.99. The predicted molar refractivity (Wildman–Crippen MR) is 79.5 cm³/mol. The van der Waals surface area contributed by atoms with Crippen molar-refractivity contribution < 1.29 is 19.4 Å². The van der Waals surface area contributed by atoms with Crippen LogP contribution in [0.5, 0.6) is 0 Å². The van der Waals surface area contributed by atoms with Gasteiger partial charge in [0, 0.05) is 25.7 Å². The molecule has 0 spiro atoms. The van der Waals surface area contributed by atoms with Crippen molar-refractivity contribution in [3.63, 3.8) is 0 Å². The topological polar surface area (TPSA) is 84.7 Å². The fourth-order valence-electron chi connectivity index (χ4n) is 2.77. The molecule has 0 aliphatic carbocycles. The molecule has 2 rings (SSSR count). The number of ether oxygens (including phenoxy) is 1. The zero-order chi connectivity index (χ0) is 16.5. The van der Waals surface area contributed by atoms with Crippen molar-refractivity contribution >= 4 is 12.1 Å². The summed E-state index contributed by atoms with van der Waals surface area (Å²) in [6.07, 6.45) is 2.61. The van der Waals surface area contributed by atoms with Gasteiger partial charge in [-0.3, -0.25) is 9.58 Å². The highest BCUT2D eigenvalue weighted by molar-refractivity contribution is 5.81. The third-order valence-electron chi connectivity index (χ3n) is 3.63. The normalized spacial score (nSPS) is 22.5. The SMILES string of the molecule is Cn1ccc(C2CCCN(C(=O)OC(C)(C)C)C2C(=O)O)n1. The first-order valence-electron chi connectivity index (χ1n) is 7.41. The van der Waals surface area contributed by atoms with Crippen molar-refractivity contribution in [2.24, 2.45) is 7.05 Å². The minimum atomic E-state index is -1.03. The summed E-state index contributed by atoms with van der Waals surface area (Å²) in [6.45, 7) is 5.68. The maximum absolute atomic E-state index is 12.3. The highest BCUT2D eigenvalue weighted by Crippen LogP contribution is 2.32. The Morgan fingerprint density at radius 3 is 2.59 bits per heavy atom. The van der Waals surface area contributed by atoms with E-state index < -0.39 is 23.7 Å². The summed E-state index contributed by atoms with van der Waals surface area (Å²) >= 11 is 0. The number of hydrogen-bond donors (Lipinski definition) is 1. The van der Waals surface area contributed by atoms with Crippen molar-refractivity contribution in [3.05, 3.63) is 18.0 Å². The molecule has 1 fully saturated rings. The number of rotatable bonds is 2. The van der Waals surface area contributed by atoms with Crippen molar-refractivity contribution in [2.45, 2.75) is 51.2 Å². The molecule has 1 aliphatic heterocycles. The Morgan fingerprint density at radius 1 is 1.41 bits per heavy atom. The van der Waals surface area contributed by atoms with E-state index in [1.807, 2.05) is 0 Å². The van der Waals surface area contributed by atoms with Crippen LogP contribution in [0.4, 0.5) is 4.79 Å². The minimum absolute atomic E-state index is 0.319. The van der Waals surface area contributed by atoms with Gasteiger partial charge in [0.25, 0.3) is 0 Å². The number of aliphatic carboxylic acids is 1. The summed E-state index contributed by atoms with van der Waals surface area (Å²) in [7, 11) is 1.79. The van der Waals surface area contributed by atoms with E-state index in [0.29, 0.717) is 18.7 Å². The van der Waals surface area contributed by atoms with Crippen LogP contribution in [0, 0.1) is 0 Å². The van der Waals surface area contributed by atoms with Gasteiger partial charge in [0.1, 0.15) is 11.6 Å². The third kappa shape index (κ3) is 3.58. The Labute approximate surface area is 129 Å². The van der Waals surface area contributed by atoms with Gasteiger partial charge in [0.15, 0.2) is 0 Å². The fourth-order valence-corrected chi connectivity index (χ4v) is 2.77. The van der Waals surface area contributed by atoms with E-state index in [-0.39, 0.29) is 5.92 Å². The highest BCUT2D eigenvalue weighted by Gasteiger charge is 2.42. The number of hydrogen-bond acceptors (Lipinski definition) is 4. The van der Waals surface area contributed by atoms with Crippen molar-refractivity contribution in [1.82, 2.24) is 14.7 Å². The smallest absolute Gasteiger partial charge is 0.411 e. The lowest BCUT2D eigenvalue weighted by Crippen LogP contribution is -2.53. The van der Waals surface area contributed by atoms with E-state index in [2.05, 4.69) is 5.10 Å². The van der Waals surface area contributed by atoms with Gasteiger partial charge in [0.2, 0.25) is 0 Å². The number of carbonyl (C=O) groups is 2. The monoisotopic (exact) mass is 309 g/mol. The maximum atomic E-state index is 12.3. The summed E-state index contributed by atoms with van der Waals surface area (Å²) in [5.41, 5.74) is 0.0427. The summed E-state index contributed by atoms with van der Waals surface area (Å²) in [5.74, 6) is -1.35. The van der Waals surface area contributed by atoms with Crippen LogP contribution < -0.4 is 0 Å². The molecule has 22 heavy (non-hydrogen) atoms. The number of likely N-dealkylation sites (tertiary alicyclic amines) is 1. The van der Waals surface area contributed by atoms with E-state index in [1.54, 1.807) is 44.8 Å². The number of carboxylic acids is 1. The second-order valence-electron chi connectivity index (χ2n) is 6.62. The molecule has 1 saturated heterocycles. The van der Waals surface area contributed by atoms with Crippen molar-refractivity contribution in [2.75, 3.05) is 6.54 Å². The molecule has 0 radical (unpaired) electrons. The largest absolute Gasteiger partial charge is 0.480 e. The molecular formula is C15H23N3O4.